The molecule has 0 saturated carbocycles. The molecule has 0 aliphatic heterocycles. The summed E-state index contributed by atoms with van der Waals surface area (Å²) in [4.78, 5) is 11.4. The summed E-state index contributed by atoms with van der Waals surface area (Å²) >= 11 is 18.0. The van der Waals surface area contributed by atoms with Crippen molar-refractivity contribution in [2.24, 2.45) is 5.41 Å². The number of hydrogen-bond donors (Lipinski definition) is 0. The maximum absolute atomic E-state index is 11.4. The van der Waals surface area contributed by atoms with Crippen LogP contribution in [0.3, 0.4) is 0 Å². The van der Waals surface area contributed by atoms with E-state index in [0.717, 1.165) is 0 Å². The first-order valence-electron chi connectivity index (χ1n) is 5.26. The van der Waals surface area contributed by atoms with Crippen LogP contribution in [0.2, 0.25) is 0 Å². The van der Waals surface area contributed by atoms with E-state index in [9.17, 15) is 4.79 Å². The topological polar surface area (TPSA) is 26.3 Å². The first-order chi connectivity index (χ1) is 7.08. The van der Waals surface area contributed by atoms with Gasteiger partial charge in [-0.3, -0.25) is 4.79 Å². The van der Waals surface area contributed by atoms with Gasteiger partial charge in [-0.05, 0) is 25.7 Å². The van der Waals surface area contributed by atoms with Gasteiger partial charge in [0, 0.05) is 5.38 Å². The van der Waals surface area contributed by atoms with Gasteiger partial charge in [0.05, 0.1) is 13.0 Å². The predicted molar refractivity (Wildman–Crippen MR) is 69.4 cm³/mol. The summed E-state index contributed by atoms with van der Waals surface area (Å²) < 4.78 is 4.02. The minimum Gasteiger partial charge on any atom is -0.466 e. The fourth-order valence-electron chi connectivity index (χ4n) is 1.29. The molecule has 0 radical (unpaired) electrons. The highest BCUT2D eigenvalue weighted by molar-refractivity contribution is 6.48. The van der Waals surface area contributed by atoms with Crippen LogP contribution >= 0.6 is 34.8 Å². The lowest BCUT2D eigenvalue weighted by molar-refractivity contribution is -0.145. The van der Waals surface area contributed by atoms with E-state index >= 15 is 0 Å². The van der Waals surface area contributed by atoms with Crippen LogP contribution in [0.4, 0.5) is 0 Å². The first kappa shape index (κ1) is 16.3. The molecule has 0 saturated heterocycles. The van der Waals surface area contributed by atoms with Gasteiger partial charge < -0.3 is 4.74 Å². The monoisotopic (exact) mass is 288 g/mol. The number of carbonyl (C=O) groups is 1. The summed E-state index contributed by atoms with van der Waals surface area (Å²) in [6.07, 6.45) is 0.683. The van der Waals surface area contributed by atoms with Crippen LogP contribution in [0.25, 0.3) is 0 Å². The summed E-state index contributed by atoms with van der Waals surface area (Å²) in [6.45, 7) is 7.65. The molecule has 2 nitrogen and oxygen atoms in total. The van der Waals surface area contributed by atoms with Crippen LogP contribution in [0.5, 0.6) is 0 Å². The lowest BCUT2D eigenvalue weighted by Crippen LogP contribution is -2.32. The molecule has 0 fully saturated rings. The first-order valence-corrected chi connectivity index (χ1v) is 6.45. The Bertz CT molecular complexity index is 234. The molecule has 1 unspecified atom stereocenters. The van der Waals surface area contributed by atoms with Crippen molar-refractivity contribution in [3.63, 3.8) is 0 Å². The summed E-state index contributed by atoms with van der Waals surface area (Å²) in [5.74, 6) is -0.246. The summed E-state index contributed by atoms with van der Waals surface area (Å²) in [6, 6.07) is 0. The average molecular weight is 290 g/mol. The highest BCUT2D eigenvalue weighted by Gasteiger charge is 2.35. The third kappa shape index (κ3) is 6.82. The van der Waals surface area contributed by atoms with Crippen LogP contribution < -0.4 is 0 Å². The van der Waals surface area contributed by atoms with Crippen LogP contribution in [0, 0.1) is 5.41 Å². The van der Waals surface area contributed by atoms with E-state index in [4.69, 9.17) is 39.5 Å². The smallest absolute Gasteiger partial charge is 0.306 e. The van der Waals surface area contributed by atoms with Crippen LogP contribution in [0.1, 0.15) is 40.5 Å². The number of esters is 1. The molecule has 0 rings (SSSR count). The van der Waals surface area contributed by atoms with Gasteiger partial charge in [-0.15, -0.1) is 34.8 Å². The Morgan fingerprint density at radius 1 is 1.31 bits per heavy atom. The molecule has 0 heterocycles. The summed E-state index contributed by atoms with van der Waals surface area (Å²) in [5, 5.41) is -0.281. The molecule has 0 aliphatic rings. The number of rotatable bonds is 6. The Morgan fingerprint density at radius 3 is 2.19 bits per heavy atom. The number of alkyl halides is 3. The molecule has 0 spiro atoms. The maximum Gasteiger partial charge on any atom is 0.306 e. The highest BCUT2D eigenvalue weighted by Crippen LogP contribution is 2.38. The van der Waals surface area contributed by atoms with E-state index in [2.05, 4.69) is 0 Å². The molecule has 0 amide bonds. The number of carbonyl (C=O) groups excluding carboxylic acids is 1. The Labute approximate surface area is 113 Å². The van der Waals surface area contributed by atoms with Gasteiger partial charge in [0.1, 0.15) is 4.33 Å². The number of hydrogen-bond acceptors (Lipinski definition) is 2. The van der Waals surface area contributed by atoms with Crippen LogP contribution in [-0.4, -0.2) is 22.3 Å². The van der Waals surface area contributed by atoms with E-state index in [1.807, 2.05) is 13.8 Å². The summed E-state index contributed by atoms with van der Waals surface area (Å²) in [5.41, 5.74) is -0.390. The Kier molecular flexibility index (Phi) is 6.45. The predicted octanol–water partition coefficient (Wildman–Crippen LogP) is 4.16. The quantitative estimate of drug-likeness (QED) is 0.542. The van der Waals surface area contributed by atoms with Crippen molar-refractivity contribution in [3.05, 3.63) is 0 Å². The molecule has 0 N–H and O–H groups in total. The van der Waals surface area contributed by atoms with Gasteiger partial charge in [0.15, 0.2) is 0 Å². The highest BCUT2D eigenvalue weighted by atomic mass is 35.5. The molecule has 5 heteroatoms. The second-order valence-corrected chi connectivity index (χ2v) is 7.10. The van der Waals surface area contributed by atoms with Crippen molar-refractivity contribution in [1.29, 1.82) is 0 Å². The van der Waals surface area contributed by atoms with Crippen molar-refractivity contribution in [2.75, 3.05) is 6.61 Å². The zero-order chi connectivity index (χ0) is 13.0. The molecule has 0 aliphatic carbocycles. The van der Waals surface area contributed by atoms with Gasteiger partial charge in [-0.2, -0.15) is 0 Å². The Morgan fingerprint density at radius 2 is 1.81 bits per heavy atom. The normalized spacial score (nSPS) is 14.7. The molecule has 0 bridgehead atoms. The lowest BCUT2D eigenvalue weighted by atomic mass is 9.83. The SMILES string of the molecule is CCOC(=O)CC(C)(C)C(Cl)CC(C)(Cl)Cl. The van der Waals surface area contributed by atoms with Gasteiger partial charge in [-0.25, -0.2) is 0 Å². The second-order valence-electron chi connectivity index (χ2n) is 4.71. The van der Waals surface area contributed by atoms with Gasteiger partial charge >= 0.3 is 5.97 Å². The molecule has 16 heavy (non-hydrogen) atoms. The minimum atomic E-state index is -0.877. The van der Waals surface area contributed by atoms with Crippen molar-refractivity contribution < 1.29 is 9.53 Å². The molecule has 0 aromatic carbocycles. The van der Waals surface area contributed by atoms with E-state index in [1.165, 1.54) is 0 Å². The third-order valence-corrected chi connectivity index (χ3v) is 3.34. The molecule has 1 atom stereocenters. The maximum atomic E-state index is 11.4. The molecular formula is C11H19Cl3O2. The van der Waals surface area contributed by atoms with Gasteiger partial charge in [-0.1, -0.05) is 13.8 Å². The fraction of sp³-hybridized carbons (Fsp3) is 0.909. The average Bonchev–Trinajstić information content (AvgIpc) is 1.99. The fourth-order valence-corrected chi connectivity index (χ4v) is 2.14. The van der Waals surface area contributed by atoms with Gasteiger partial charge in [0.2, 0.25) is 0 Å². The van der Waals surface area contributed by atoms with E-state index < -0.39 is 9.75 Å². The van der Waals surface area contributed by atoms with Crippen molar-refractivity contribution in [2.45, 2.75) is 50.2 Å². The van der Waals surface area contributed by atoms with Crippen molar-refractivity contribution in [3.8, 4) is 0 Å². The third-order valence-electron chi connectivity index (χ3n) is 2.29. The molecule has 0 aromatic rings. The number of ether oxygens (including phenoxy) is 1. The molecule has 96 valence electrons. The Balaban J connectivity index is 4.36. The zero-order valence-corrected chi connectivity index (χ0v) is 12.4. The van der Waals surface area contributed by atoms with Crippen molar-refractivity contribution in [1.82, 2.24) is 0 Å². The minimum absolute atomic E-state index is 0.246. The van der Waals surface area contributed by atoms with Gasteiger partial charge in [0.25, 0.3) is 0 Å². The van der Waals surface area contributed by atoms with E-state index in [1.54, 1.807) is 13.8 Å². The van der Waals surface area contributed by atoms with Crippen molar-refractivity contribution >= 4 is 40.8 Å². The molecular weight excluding hydrogens is 270 g/mol. The second kappa shape index (κ2) is 6.32. The van der Waals surface area contributed by atoms with Crippen LogP contribution in [0.15, 0.2) is 0 Å². The van der Waals surface area contributed by atoms with Crippen LogP contribution in [-0.2, 0) is 9.53 Å². The van der Waals surface area contributed by atoms with E-state index in [-0.39, 0.29) is 17.8 Å². The Hall–Kier alpha value is 0.340. The largest absolute Gasteiger partial charge is 0.466 e. The lowest BCUT2D eigenvalue weighted by Gasteiger charge is -2.31. The van der Waals surface area contributed by atoms with E-state index in [0.29, 0.717) is 13.0 Å². The zero-order valence-electron chi connectivity index (χ0n) is 10.1. The molecule has 0 aromatic heterocycles. The number of halogens is 3. The summed E-state index contributed by atoms with van der Waals surface area (Å²) in [7, 11) is 0. The standard InChI is InChI=1S/C11H19Cl3O2/c1-5-16-9(15)7-10(2,3)8(12)6-11(4,13)14/h8H,5-7H2,1-4H3.